The number of rotatable bonds is 5. The van der Waals surface area contributed by atoms with Gasteiger partial charge < -0.3 is 37.7 Å². The van der Waals surface area contributed by atoms with Crippen LogP contribution in [0.4, 0.5) is 0 Å². The average molecular weight is 318 g/mol. The van der Waals surface area contributed by atoms with Gasteiger partial charge in [-0.25, -0.2) is 0 Å². The minimum absolute atomic E-state index is 0. The summed E-state index contributed by atoms with van der Waals surface area (Å²) in [6.45, 7) is 2.62. The van der Waals surface area contributed by atoms with Crippen LogP contribution in [0.15, 0.2) is 18.2 Å². The molecular formula is C13H22N2O7. The van der Waals surface area contributed by atoms with E-state index < -0.39 is 35.0 Å². The maximum absolute atomic E-state index is 12.2. The second-order valence-corrected chi connectivity index (χ2v) is 4.96. The van der Waals surface area contributed by atoms with Gasteiger partial charge in [-0.2, -0.15) is 0 Å². The Morgan fingerprint density at radius 3 is 2.05 bits per heavy atom. The molecule has 1 rings (SSSR count). The molecule has 0 radical (unpaired) electrons. The number of carbonyl (C=O) groups excluding carboxylic acids is 1. The van der Waals surface area contributed by atoms with Gasteiger partial charge in [-0.1, -0.05) is 6.07 Å². The highest BCUT2D eigenvalue weighted by atomic mass is 16.4. The molecule has 22 heavy (non-hydrogen) atoms. The van der Waals surface area contributed by atoms with E-state index in [1.54, 1.807) is 0 Å². The fraction of sp³-hybridized carbons (Fsp3) is 0.385. The van der Waals surface area contributed by atoms with Crippen LogP contribution in [-0.2, 0) is 9.59 Å². The zero-order chi connectivity index (χ0) is 15.7. The van der Waals surface area contributed by atoms with Crippen molar-refractivity contribution in [3.05, 3.63) is 23.8 Å². The highest BCUT2D eigenvalue weighted by Crippen LogP contribution is 2.34. The lowest BCUT2D eigenvalue weighted by molar-refractivity contribution is -0.146. The van der Waals surface area contributed by atoms with E-state index in [-0.39, 0.29) is 22.3 Å². The number of hydrogen-bond donors (Lipinski definition) is 5. The molecular weight excluding hydrogens is 296 g/mol. The predicted octanol–water partition coefficient (Wildman–Crippen LogP) is -1.75. The topological polar surface area (TPSA) is 210 Å². The normalized spacial score (nSPS) is 15.5. The number of carbonyl (C=O) groups is 2. The lowest BCUT2D eigenvalue weighted by Gasteiger charge is -2.30. The van der Waals surface area contributed by atoms with Gasteiger partial charge in [0.05, 0.1) is 12.0 Å². The van der Waals surface area contributed by atoms with Crippen molar-refractivity contribution in [2.45, 2.75) is 31.3 Å². The van der Waals surface area contributed by atoms with Crippen molar-refractivity contribution < 1.29 is 35.9 Å². The van der Waals surface area contributed by atoms with Crippen LogP contribution in [0.25, 0.3) is 0 Å². The molecule has 0 heterocycles. The Kier molecular flexibility index (Phi) is 7.74. The molecule has 1 aromatic rings. The van der Waals surface area contributed by atoms with E-state index in [1.807, 2.05) is 0 Å². The number of phenolic OH excluding ortho intramolecular Hbond substituents is 2. The molecule has 0 fully saturated rings. The summed E-state index contributed by atoms with van der Waals surface area (Å²) >= 11 is 0. The summed E-state index contributed by atoms with van der Waals surface area (Å²) < 4.78 is 0. The molecule has 9 nitrogen and oxygen atoms in total. The van der Waals surface area contributed by atoms with Crippen molar-refractivity contribution in [2.24, 2.45) is 11.5 Å². The van der Waals surface area contributed by atoms with Crippen LogP contribution >= 0.6 is 0 Å². The summed E-state index contributed by atoms with van der Waals surface area (Å²) in [4.78, 5) is 23.5. The maximum Gasteiger partial charge on any atom is 0.324 e. The van der Waals surface area contributed by atoms with E-state index in [0.717, 1.165) is 12.1 Å². The molecule has 0 amide bonds. The Morgan fingerprint density at radius 2 is 1.68 bits per heavy atom. The van der Waals surface area contributed by atoms with Crippen LogP contribution < -0.4 is 11.5 Å². The Hall–Kier alpha value is -2.20. The van der Waals surface area contributed by atoms with Crippen LogP contribution in [0.5, 0.6) is 11.5 Å². The number of hydrogen-bond acceptors (Lipinski definition) is 6. The summed E-state index contributed by atoms with van der Waals surface area (Å²) in [5.41, 5.74) is 9.55. The lowest BCUT2D eigenvalue weighted by atomic mass is 9.76. The number of ketones is 1. The zero-order valence-electron chi connectivity index (χ0n) is 12.2. The fourth-order valence-corrected chi connectivity index (χ4v) is 1.91. The molecule has 0 bridgehead atoms. The van der Waals surface area contributed by atoms with Gasteiger partial charge in [-0.05, 0) is 31.5 Å². The molecule has 0 aliphatic heterocycles. The highest BCUT2D eigenvalue weighted by molar-refractivity contribution is 5.97. The summed E-state index contributed by atoms with van der Waals surface area (Å²) in [6.07, 6.45) is 0. The van der Waals surface area contributed by atoms with Crippen molar-refractivity contribution in [3.8, 4) is 11.5 Å². The summed E-state index contributed by atoms with van der Waals surface area (Å²) in [7, 11) is 0. The molecule has 0 saturated heterocycles. The van der Waals surface area contributed by atoms with Gasteiger partial charge in [0, 0.05) is 0 Å². The average Bonchev–Trinajstić information content (AvgIpc) is 2.33. The molecule has 11 N–H and O–H groups in total. The molecule has 1 unspecified atom stereocenters. The Bertz CT molecular complexity index is 543. The molecule has 9 heteroatoms. The number of aliphatic carboxylic acids is 1. The van der Waals surface area contributed by atoms with Gasteiger partial charge in [-0.3, -0.25) is 9.59 Å². The van der Waals surface area contributed by atoms with Gasteiger partial charge in [0.1, 0.15) is 5.54 Å². The summed E-state index contributed by atoms with van der Waals surface area (Å²) in [6, 6.07) is 2.67. The predicted molar refractivity (Wildman–Crippen MR) is 78.6 cm³/mol. The molecule has 0 aliphatic carbocycles. The van der Waals surface area contributed by atoms with Gasteiger partial charge >= 0.3 is 5.97 Å². The van der Waals surface area contributed by atoms with E-state index in [4.69, 9.17) is 11.5 Å². The SMILES string of the molecule is C[C@H](N)C(=O)C(c1ccc(O)c(O)c1)[C@](C)(N)C(=O)O.O.O. The first-order valence-corrected chi connectivity index (χ1v) is 5.92. The number of phenols is 2. The van der Waals surface area contributed by atoms with E-state index in [2.05, 4.69) is 0 Å². The van der Waals surface area contributed by atoms with Crippen LogP contribution in [0.3, 0.4) is 0 Å². The second kappa shape index (κ2) is 7.71. The third kappa shape index (κ3) is 4.15. The maximum atomic E-state index is 12.2. The lowest BCUT2D eigenvalue weighted by Crippen LogP contribution is -2.55. The van der Waals surface area contributed by atoms with Gasteiger partial charge in [0.2, 0.25) is 0 Å². The highest BCUT2D eigenvalue weighted by Gasteiger charge is 2.44. The van der Waals surface area contributed by atoms with Gasteiger partial charge in [-0.15, -0.1) is 0 Å². The number of Topliss-reactive ketones (excluding diaryl/α,β-unsaturated/α-hetero) is 1. The minimum atomic E-state index is -1.89. The third-order valence-electron chi connectivity index (χ3n) is 3.13. The Labute approximate surface area is 126 Å². The number of carboxylic acid groups (broad SMARTS) is 1. The number of aromatic hydroxyl groups is 2. The monoisotopic (exact) mass is 318 g/mol. The Balaban J connectivity index is 0. The van der Waals surface area contributed by atoms with Crippen molar-refractivity contribution >= 4 is 11.8 Å². The van der Waals surface area contributed by atoms with Crippen LogP contribution in [0.1, 0.15) is 25.3 Å². The smallest absolute Gasteiger partial charge is 0.324 e. The molecule has 1 aromatic carbocycles. The summed E-state index contributed by atoms with van der Waals surface area (Å²) in [5, 5.41) is 28.0. The first-order chi connectivity index (χ1) is 9.09. The van der Waals surface area contributed by atoms with Crippen molar-refractivity contribution in [3.63, 3.8) is 0 Å². The molecule has 3 atom stereocenters. The van der Waals surface area contributed by atoms with Gasteiger partial charge in [0.25, 0.3) is 0 Å². The van der Waals surface area contributed by atoms with E-state index in [1.165, 1.54) is 19.9 Å². The zero-order valence-corrected chi connectivity index (χ0v) is 12.2. The number of benzene rings is 1. The fourth-order valence-electron chi connectivity index (χ4n) is 1.91. The molecule has 126 valence electrons. The first-order valence-electron chi connectivity index (χ1n) is 5.92. The quantitative estimate of drug-likeness (QED) is 0.394. The van der Waals surface area contributed by atoms with Crippen molar-refractivity contribution in [1.29, 1.82) is 0 Å². The molecule has 0 aliphatic rings. The summed E-state index contributed by atoms with van der Waals surface area (Å²) in [5.74, 6) is -4.03. The molecule has 0 spiro atoms. The first kappa shape index (κ1) is 22.1. The standard InChI is InChI=1S/C13H18N2O5.2H2O/c1-6(14)11(18)10(13(2,15)12(19)20)7-3-4-8(16)9(17)5-7;;/h3-6,10,16-17H,14-15H2,1-2H3,(H,19,20);2*1H2/t6-,10?,13-;;/m0../s1. The van der Waals surface area contributed by atoms with Crippen LogP contribution in [-0.4, -0.2) is 49.6 Å². The molecule has 0 aromatic heterocycles. The second-order valence-electron chi connectivity index (χ2n) is 4.96. The Morgan fingerprint density at radius 1 is 1.18 bits per heavy atom. The third-order valence-corrected chi connectivity index (χ3v) is 3.13. The largest absolute Gasteiger partial charge is 0.504 e. The van der Waals surface area contributed by atoms with E-state index in [0.29, 0.717) is 0 Å². The van der Waals surface area contributed by atoms with Crippen LogP contribution in [0.2, 0.25) is 0 Å². The number of nitrogens with two attached hydrogens (primary N) is 2. The van der Waals surface area contributed by atoms with E-state index >= 15 is 0 Å². The van der Waals surface area contributed by atoms with Crippen molar-refractivity contribution in [1.82, 2.24) is 0 Å². The van der Waals surface area contributed by atoms with E-state index in [9.17, 15) is 24.9 Å². The van der Waals surface area contributed by atoms with Gasteiger partial charge in [0.15, 0.2) is 17.3 Å². The van der Waals surface area contributed by atoms with Crippen LogP contribution in [0, 0.1) is 0 Å². The minimum Gasteiger partial charge on any atom is -0.504 e. The molecule has 0 saturated carbocycles. The van der Waals surface area contributed by atoms with Crippen molar-refractivity contribution in [2.75, 3.05) is 0 Å². The number of carboxylic acids is 1.